The van der Waals surface area contributed by atoms with E-state index in [1.807, 2.05) is 26.0 Å². The highest BCUT2D eigenvalue weighted by Crippen LogP contribution is 2.32. The third-order valence-corrected chi connectivity index (χ3v) is 5.50. The van der Waals surface area contributed by atoms with Gasteiger partial charge in [0.05, 0.1) is 17.2 Å². The second-order valence-corrected chi connectivity index (χ2v) is 7.94. The van der Waals surface area contributed by atoms with Crippen molar-refractivity contribution < 1.29 is 23.8 Å². The van der Waals surface area contributed by atoms with Crippen LogP contribution in [-0.2, 0) is 14.2 Å². The monoisotopic (exact) mass is 400 g/mol. The standard InChI is InChI=1S/C22H24O5S/c1-3-28-19-14-18(26-21(23)16-10-6-4-7-11-16)20(15(2)25-19)27-22(24)17-12-8-5-9-13-17/h4-13,15,18-20H,3,14H2,1-2H3/t15?,18-,19+,20?/m1/s1. The number of hydrogen-bond donors (Lipinski definition) is 0. The van der Waals surface area contributed by atoms with Crippen LogP contribution in [0.25, 0.3) is 0 Å². The van der Waals surface area contributed by atoms with Gasteiger partial charge in [-0.15, -0.1) is 11.8 Å². The van der Waals surface area contributed by atoms with Crippen LogP contribution >= 0.6 is 11.8 Å². The first-order valence-corrected chi connectivity index (χ1v) is 10.4. The Balaban J connectivity index is 1.76. The molecule has 0 bridgehead atoms. The smallest absolute Gasteiger partial charge is 0.338 e. The molecule has 0 radical (unpaired) electrons. The van der Waals surface area contributed by atoms with Crippen molar-refractivity contribution in [1.82, 2.24) is 0 Å². The van der Waals surface area contributed by atoms with Gasteiger partial charge in [-0.1, -0.05) is 43.3 Å². The number of carbonyl (C=O) groups excluding carboxylic acids is 2. The summed E-state index contributed by atoms with van der Waals surface area (Å²) >= 11 is 1.65. The van der Waals surface area contributed by atoms with E-state index in [1.165, 1.54) is 0 Å². The summed E-state index contributed by atoms with van der Waals surface area (Å²) in [5.41, 5.74) is 0.808. The van der Waals surface area contributed by atoms with Crippen LogP contribution in [0.5, 0.6) is 0 Å². The lowest BCUT2D eigenvalue weighted by molar-refractivity contribution is -0.144. The molecule has 0 aliphatic carbocycles. The largest absolute Gasteiger partial charge is 0.455 e. The maximum Gasteiger partial charge on any atom is 0.338 e. The maximum absolute atomic E-state index is 12.6. The highest BCUT2D eigenvalue weighted by atomic mass is 32.2. The van der Waals surface area contributed by atoms with Gasteiger partial charge < -0.3 is 14.2 Å². The molecule has 1 aliphatic heterocycles. The van der Waals surface area contributed by atoms with Crippen LogP contribution in [0.3, 0.4) is 0 Å². The SMILES string of the molecule is CCS[C@H]1C[C@@H](OC(=O)c2ccccc2)C(OC(=O)c2ccccc2)C(C)O1. The van der Waals surface area contributed by atoms with E-state index in [0.29, 0.717) is 17.5 Å². The van der Waals surface area contributed by atoms with Gasteiger partial charge in [0.25, 0.3) is 0 Å². The Bertz CT molecular complexity index is 780. The Morgan fingerprint density at radius 2 is 1.50 bits per heavy atom. The molecule has 5 nitrogen and oxygen atoms in total. The molecule has 2 aromatic carbocycles. The molecule has 0 saturated carbocycles. The second-order valence-electron chi connectivity index (χ2n) is 6.51. The lowest BCUT2D eigenvalue weighted by atomic mass is 10.0. The molecule has 1 fully saturated rings. The number of thioether (sulfide) groups is 1. The zero-order valence-electron chi connectivity index (χ0n) is 15.9. The topological polar surface area (TPSA) is 61.8 Å². The summed E-state index contributed by atoms with van der Waals surface area (Å²) in [6, 6.07) is 17.6. The van der Waals surface area contributed by atoms with Crippen LogP contribution < -0.4 is 0 Å². The molecular weight excluding hydrogens is 376 g/mol. The van der Waals surface area contributed by atoms with Crippen LogP contribution in [0.2, 0.25) is 0 Å². The van der Waals surface area contributed by atoms with Gasteiger partial charge in [0.1, 0.15) is 11.5 Å². The first-order valence-electron chi connectivity index (χ1n) is 9.37. The van der Waals surface area contributed by atoms with Crippen LogP contribution in [0.15, 0.2) is 60.7 Å². The summed E-state index contributed by atoms with van der Waals surface area (Å²) in [6.45, 7) is 3.89. The summed E-state index contributed by atoms with van der Waals surface area (Å²) in [4.78, 5) is 25.1. The molecule has 2 unspecified atom stereocenters. The maximum atomic E-state index is 12.6. The lowest BCUT2D eigenvalue weighted by Gasteiger charge is -2.39. The molecule has 1 aliphatic rings. The summed E-state index contributed by atoms with van der Waals surface area (Å²) in [5, 5.41) is 0. The van der Waals surface area contributed by atoms with Crippen LogP contribution in [0.1, 0.15) is 41.0 Å². The van der Waals surface area contributed by atoms with Crippen molar-refractivity contribution in [2.45, 2.75) is 44.0 Å². The Morgan fingerprint density at radius 3 is 2.04 bits per heavy atom. The highest BCUT2D eigenvalue weighted by molar-refractivity contribution is 7.99. The van der Waals surface area contributed by atoms with Crippen molar-refractivity contribution in [2.75, 3.05) is 5.75 Å². The molecule has 148 valence electrons. The summed E-state index contributed by atoms with van der Waals surface area (Å²) in [7, 11) is 0. The molecule has 0 amide bonds. The zero-order chi connectivity index (χ0) is 19.9. The summed E-state index contributed by atoms with van der Waals surface area (Å²) < 4.78 is 17.5. The predicted octanol–water partition coefficient (Wildman–Crippen LogP) is 4.33. The normalized spacial score (nSPS) is 24.4. The fourth-order valence-corrected chi connectivity index (χ4v) is 4.08. The average molecular weight is 400 g/mol. The number of ether oxygens (including phenoxy) is 3. The molecule has 1 saturated heterocycles. The highest BCUT2D eigenvalue weighted by Gasteiger charge is 2.41. The fourth-order valence-electron chi connectivity index (χ4n) is 3.12. The Kier molecular flexibility index (Phi) is 7.12. The van der Waals surface area contributed by atoms with Gasteiger partial charge in [-0.05, 0) is 36.9 Å². The lowest BCUT2D eigenvalue weighted by Crippen LogP contribution is -2.50. The average Bonchev–Trinajstić information content (AvgIpc) is 2.72. The molecular formula is C22H24O5S. The van der Waals surface area contributed by atoms with Gasteiger partial charge in [0, 0.05) is 6.42 Å². The summed E-state index contributed by atoms with van der Waals surface area (Å²) in [5.74, 6) is -0.00491. The van der Waals surface area contributed by atoms with E-state index < -0.39 is 24.1 Å². The Morgan fingerprint density at radius 1 is 0.964 bits per heavy atom. The van der Waals surface area contributed by atoms with E-state index in [-0.39, 0.29) is 11.5 Å². The second kappa shape index (κ2) is 9.75. The third-order valence-electron chi connectivity index (χ3n) is 4.49. The van der Waals surface area contributed by atoms with Crippen molar-refractivity contribution >= 4 is 23.7 Å². The minimum atomic E-state index is -0.672. The number of benzene rings is 2. The van der Waals surface area contributed by atoms with E-state index in [9.17, 15) is 9.59 Å². The van der Waals surface area contributed by atoms with Crippen molar-refractivity contribution in [1.29, 1.82) is 0 Å². The minimum Gasteiger partial charge on any atom is -0.455 e. The van der Waals surface area contributed by atoms with Gasteiger partial charge >= 0.3 is 11.9 Å². The first kappa shape index (κ1) is 20.4. The van der Waals surface area contributed by atoms with Crippen molar-refractivity contribution in [2.24, 2.45) is 0 Å². The predicted molar refractivity (Wildman–Crippen MR) is 108 cm³/mol. The van der Waals surface area contributed by atoms with Crippen LogP contribution in [0.4, 0.5) is 0 Å². The summed E-state index contributed by atoms with van der Waals surface area (Å²) in [6.07, 6.45) is -1.17. The van der Waals surface area contributed by atoms with Gasteiger partial charge in [0.2, 0.25) is 0 Å². The van der Waals surface area contributed by atoms with Crippen molar-refractivity contribution in [3.8, 4) is 0 Å². The minimum absolute atomic E-state index is 0.111. The third kappa shape index (κ3) is 5.14. The van der Waals surface area contributed by atoms with Gasteiger partial charge in [-0.2, -0.15) is 0 Å². The van der Waals surface area contributed by atoms with E-state index >= 15 is 0 Å². The van der Waals surface area contributed by atoms with Crippen LogP contribution in [0, 0.1) is 0 Å². The number of rotatable bonds is 6. The molecule has 0 spiro atoms. The van der Waals surface area contributed by atoms with E-state index in [4.69, 9.17) is 14.2 Å². The molecule has 1 heterocycles. The fraction of sp³-hybridized carbons (Fsp3) is 0.364. The van der Waals surface area contributed by atoms with E-state index in [2.05, 4.69) is 0 Å². The molecule has 28 heavy (non-hydrogen) atoms. The Labute approximate surface area is 169 Å². The number of esters is 2. The van der Waals surface area contributed by atoms with Gasteiger partial charge in [-0.3, -0.25) is 0 Å². The first-order chi connectivity index (χ1) is 13.6. The molecule has 0 aromatic heterocycles. The number of hydrogen-bond acceptors (Lipinski definition) is 6. The van der Waals surface area contributed by atoms with E-state index in [1.54, 1.807) is 60.3 Å². The molecule has 6 heteroatoms. The zero-order valence-corrected chi connectivity index (χ0v) is 16.8. The molecule has 2 aromatic rings. The molecule has 0 N–H and O–H groups in total. The van der Waals surface area contributed by atoms with Gasteiger partial charge in [0.15, 0.2) is 6.10 Å². The van der Waals surface area contributed by atoms with E-state index in [0.717, 1.165) is 5.75 Å². The number of carbonyl (C=O) groups is 2. The molecule has 3 rings (SSSR count). The van der Waals surface area contributed by atoms with Crippen LogP contribution in [-0.4, -0.2) is 41.4 Å². The quantitative estimate of drug-likeness (QED) is 0.673. The molecule has 4 atom stereocenters. The van der Waals surface area contributed by atoms with Crippen molar-refractivity contribution in [3.05, 3.63) is 71.8 Å². The van der Waals surface area contributed by atoms with Gasteiger partial charge in [-0.25, -0.2) is 9.59 Å². The Hall–Kier alpha value is -2.31. The van der Waals surface area contributed by atoms with Crippen molar-refractivity contribution in [3.63, 3.8) is 0 Å².